The lowest BCUT2D eigenvalue weighted by molar-refractivity contribution is 1.31. The van der Waals surface area contributed by atoms with Gasteiger partial charge in [-0.05, 0) is 65.7 Å². The summed E-state index contributed by atoms with van der Waals surface area (Å²) in [4.78, 5) is 30.6. The van der Waals surface area contributed by atoms with Crippen LogP contribution in [0.3, 0.4) is 0 Å². The lowest BCUT2D eigenvalue weighted by Crippen LogP contribution is -2.14. The Kier molecular flexibility index (Phi) is 3.83. The van der Waals surface area contributed by atoms with Crippen LogP contribution in [0.25, 0.3) is 54.1 Å². The number of hydrogen-bond acceptors (Lipinski definition) is 3. The van der Waals surface area contributed by atoms with Crippen molar-refractivity contribution < 1.29 is 0 Å². The molecule has 0 atom stereocenters. The van der Waals surface area contributed by atoms with Gasteiger partial charge in [-0.25, -0.2) is 4.85 Å². The van der Waals surface area contributed by atoms with Gasteiger partial charge in [-0.1, -0.05) is 24.3 Å². The Bertz CT molecular complexity index is 1850. The summed E-state index contributed by atoms with van der Waals surface area (Å²) >= 11 is 0. The third-order valence-electron chi connectivity index (χ3n) is 6.11. The standard InChI is InChI=1S/C28H13N3O2/c1-30-19-11-16(15-29)10-17(12-19)18-13-22-26-23(14-18)28(33)21-7-3-5-9-25(21)31(26)24-8-4-2-6-20(24)27(22)32/h2-14H. The average Bonchev–Trinajstić information content (AvgIpc) is 2.87. The minimum Gasteiger partial charge on any atom is -0.308 e. The molecule has 6 rings (SSSR count). The topological polar surface area (TPSA) is 66.7 Å². The lowest BCUT2D eigenvalue weighted by Gasteiger charge is -2.16. The first-order valence-electron chi connectivity index (χ1n) is 10.3. The van der Waals surface area contributed by atoms with Crippen LogP contribution in [0.1, 0.15) is 5.56 Å². The van der Waals surface area contributed by atoms with Gasteiger partial charge in [0.25, 0.3) is 0 Å². The maximum absolute atomic E-state index is 13.6. The van der Waals surface area contributed by atoms with Gasteiger partial charge >= 0.3 is 0 Å². The molecule has 2 aromatic heterocycles. The first-order chi connectivity index (χ1) is 16.1. The van der Waals surface area contributed by atoms with Gasteiger partial charge in [0.15, 0.2) is 16.5 Å². The van der Waals surface area contributed by atoms with Gasteiger partial charge < -0.3 is 4.40 Å². The molecule has 0 aliphatic rings. The van der Waals surface area contributed by atoms with E-state index in [1.165, 1.54) is 6.07 Å². The normalized spacial score (nSPS) is 11.2. The Morgan fingerprint density at radius 2 is 1.27 bits per heavy atom. The molecule has 0 spiro atoms. The van der Waals surface area contributed by atoms with Gasteiger partial charge in [0.05, 0.1) is 29.2 Å². The van der Waals surface area contributed by atoms with Crippen molar-refractivity contribution >= 4 is 43.8 Å². The molecule has 5 heteroatoms. The molecule has 0 saturated carbocycles. The first-order valence-corrected chi connectivity index (χ1v) is 10.3. The Hall–Kier alpha value is -5.00. The molecule has 6 aromatic rings. The molecule has 0 amide bonds. The van der Waals surface area contributed by atoms with E-state index in [2.05, 4.69) is 10.9 Å². The van der Waals surface area contributed by atoms with Crippen LogP contribution in [-0.4, -0.2) is 4.40 Å². The van der Waals surface area contributed by atoms with Crippen molar-refractivity contribution in [1.29, 1.82) is 5.26 Å². The predicted molar refractivity (Wildman–Crippen MR) is 130 cm³/mol. The van der Waals surface area contributed by atoms with Crippen LogP contribution in [0.4, 0.5) is 5.69 Å². The molecule has 0 N–H and O–H groups in total. The van der Waals surface area contributed by atoms with E-state index >= 15 is 0 Å². The molecular formula is C28H13N3O2. The van der Waals surface area contributed by atoms with E-state index < -0.39 is 0 Å². The van der Waals surface area contributed by atoms with Crippen molar-refractivity contribution in [2.45, 2.75) is 0 Å². The third-order valence-corrected chi connectivity index (χ3v) is 6.11. The molecule has 5 nitrogen and oxygen atoms in total. The third kappa shape index (κ3) is 2.57. The Balaban J connectivity index is 1.90. The zero-order valence-electron chi connectivity index (χ0n) is 17.2. The highest BCUT2D eigenvalue weighted by molar-refractivity contribution is 6.09. The molecule has 4 aromatic carbocycles. The minimum atomic E-state index is -0.158. The number of benzene rings is 4. The smallest absolute Gasteiger partial charge is 0.197 e. The molecular weight excluding hydrogens is 410 g/mol. The summed E-state index contributed by atoms with van der Waals surface area (Å²) in [6.45, 7) is 7.37. The quantitative estimate of drug-likeness (QED) is 0.195. The summed E-state index contributed by atoms with van der Waals surface area (Å²) in [6.07, 6.45) is 0. The van der Waals surface area contributed by atoms with Crippen LogP contribution in [0.15, 0.2) is 88.5 Å². The van der Waals surface area contributed by atoms with Crippen molar-refractivity contribution in [3.05, 3.63) is 116 Å². The first kappa shape index (κ1) is 18.7. The largest absolute Gasteiger partial charge is 0.308 e. The maximum atomic E-state index is 13.6. The number of aromatic nitrogens is 1. The molecule has 0 unspecified atom stereocenters. The zero-order valence-corrected chi connectivity index (χ0v) is 17.2. The van der Waals surface area contributed by atoms with Crippen LogP contribution >= 0.6 is 0 Å². The summed E-state index contributed by atoms with van der Waals surface area (Å²) in [6, 6.07) is 25.2. The number of pyridine rings is 2. The summed E-state index contributed by atoms with van der Waals surface area (Å²) in [5.74, 6) is 0. The van der Waals surface area contributed by atoms with Crippen molar-refractivity contribution in [1.82, 2.24) is 4.40 Å². The van der Waals surface area contributed by atoms with Crippen LogP contribution < -0.4 is 10.9 Å². The number of nitriles is 1. The fourth-order valence-corrected chi connectivity index (χ4v) is 4.68. The number of para-hydroxylation sites is 2. The average molecular weight is 423 g/mol. The summed E-state index contributed by atoms with van der Waals surface area (Å²) in [7, 11) is 0. The van der Waals surface area contributed by atoms with Crippen molar-refractivity contribution in [2.75, 3.05) is 0 Å². The van der Waals surface area contributed by atoms with E-state index in [-0.39, 0.29) is 10.9 Å². The second-order valence-electron chi connectivity index (χ2n) is 7.94. The lowest BCUT2D eigenvalue weighted by atomic mass is 9.96. The molecule has 33 heavy (non-hydrogen) atoms. The molecule has 152 valence electrons. The molecule has 0 bridgehead atoms. The highest BCUT2D eigenvalue weighted by atomic mass is 16.1. The van der Waals surface area contributed by atoms with E-state index in [4.69, 9.17) is 6.57 Å². The Morgan fingerprint density at radius 3 is 1.82 bits per heavy atom. The molecule has 0 aliphatic carbocycles. The SMILES string of the molecule is [C-]#[N+]c1cc(C#N)cc(-c2cc3c(=O)c4ccccc4n4c5ccccc5c(=O)c(c2)c34)c1. The zero-order chi connectivity index (χ0) is 22.7. The van der Waals surface area contributed by atoms with Crippen molar-refractivity contribution in [2.24, 2.45) is 0 Å². The highest BCUT2D eigenvalue weighted by Crippen LogP contribution is 2.33. The van der Waals surface area contributed by atoms with Crippen molar-refractivity contribution in [3.63, 3.8) is 0 Å². The molecule has 0 fully saturated rings. The number of nitrogens with zero attached hydrogens (tertiary/aromatic N) is 3. The summed E-state index contributed by atoms with van der Waals surface area (Å²) < 4.78 is 1.98. The second kappa shape index (κ2) is 6.75. The predicted octanol–water partition coefficient (Wildman–Crippen LogP) is 5.65. The van der Waals surface area contributed by atoms with E-state index in [0.29, 0.717) is 49.4 Å². The van der Waals surface area contributed by atoms with Gasteiger partial charge in [-0.15, -0.1) is 0 Å². The second-order valence-corrected chi connectivity index (χ2v) is 7.94. The van der Waals surface area contributed by atoms with Crippen LogP contribution in [0, 0.1) is 17.9 Å². The minimum absolute atomic E-state index is 0.158. The molecule has 0 radical (unpaired) electrons. The van der Waals surface area contributed by atoms with Crippen LogP contribution in [0.5, 0.6) is 0 Å². The van der Waals surface area contributed by atoms with Gasteiger partial charge in [0.2, 0.25) is 0 Å². The maximum Gasteiger partial charge on any atom is 0.197 e. The van der Waals surface area contributed by atoms with Gasteiger partial charge in [0, 0.05) is 27.1 Å². The highest BCUT2D eigenvalue weighted by Gasteiger charge is 2.18. The Labute approximate surface area is 187 Å². The fraction of sp³-hybridized carbons (Fsp3) is 0. The number of rotatable bonds is 1. The van der Waals surface area contributed by atoms with Crippen LogP contribution in [-0.2, 0) is 0 Å². The molecule has 0 aliphatic heterocycles. The van der Waals surface area contributed by atoms with Gasteiger partial charge in [-0.3, -0.25) is 9.59 Å². The van der Waals surface area contributed by atoms with Crippen LogP contribution in [0.2, 0.25) is 0 Å². The summed E-state index contributed by atoms with van der Waals surface area (Å²) in [5, 5.41) is 11.4. The number of fused-ring (bicyclic) bond motifs is 4. The van der Waals surface area contributed by atoms with E-state index in [0.717, 1.165) is 11.0 Å². The fourth-order valence-electron chi connectivity index (χ4n) is 4.68. The summed E-state index contributed by atoms with van der Waals surface area (Å²) in [5.41, 5.74) is 3.65. The molecule has 2 heterocycles. The van der Waals surface area contributed by atoms with Gasteiger partial charge in [0.1, 0.15) is 0 Å². The van der Waals surface area contributed by atoms with E-state index in [1.807, 2.05) is 40.8 Å². The Morgan fingerprint density at radius 1 is 0.727 bits per heavy atom. The van der Waals surface area contributed by atoms with Crippen molar-refractivity contribution in [3.8, 4) is 17.2 Å². The monoisotopic (exact) mass is 423 g/mol. The molecule has 0 saturated heterocycles. The van der Waals surface area contributed by atoms with Gasteiger partial charge in [-0.2, -0.15) is 5.26 Å². The number of hydrogen-bond donors (Lipinski definition) is 0. The van der Waals surface area contributed by atoms with E-state index in [9.17, 15) is 14.9 Å². The van der Waals surface area contributed by atoms with E-state index in [1.54, 1.807) is 36.4 Å².